The van der Waals surface area contributed by atoms with E-state index in [-0.39, 0.29) is 62.1 Å². The van der Waals surface area contributed by atoms with Crippen LogP contribution in [0.2, 0.25) is 0 Å². The number of halogens is 2. The van der Waals surface area contributed by atoms with Crippen molar-refractivity contribution in [3.8, 4) is 0 Å². The molecule has 0 aliphatic heterocycles. The third-order valence-electron chi connectivity index (χ3n) is 5.27. The third-order valence-corrected chi connectivity index (χ3v) is 7.15. The number of hydrogen-bond donors (Lipinski definition) is 0. The summed E-state index contributed by atoms with van der Waals surface area (Å²) in [4.78, 5) is 0. The minimum absolute atomic E-state index is 0. The maximum atomic E-state index is 3.62. The SMILES string of the molecule is CCCCSC1(C(C)(C)C2=[C-]CC=C2)CC=CC=C1C(C)(C)C.[Cl-].[Cl-].[Ti+3]. The normalized spacial score (nSPS) is 21.9. The zero-order chi connectivity index (χ0) is 17.1. The molecule has 0 aromatic carbocycles. The predicted molar refractivity (Wildman–Crippen MR) is 106 cm³/mol. The molecule has 2 rings (SSSR count). The van der Waals surface area contributed by atoms with Crippen molar-refractivity contribution in [3.63, 3.8) is 0 Å². The van der Waals surface area contributed by atoms with Crippen LogP contribution in [0, 0.1) is 16.9 Å². The van der Waals surface area contributed by atoms with Gasteiger partial charge in [-0.05, 0) is 35.0 Å². The van der Waals surface area contributed by atoms with Gasteiger partial charge in [0.25, 0.3) is 0 Å². The van der Waals surface area contributed by atoms with E-state index in [4.69, 9.17) is 0 Å². The fraction of sp³-hybridized carbons (Fsp3) is 0.636. The first-order valence-electron chi connectivity index (χ1n) is 9.05. The largest absolute Gasteiger partial charge is 3.00 e. The quantitative estimate of drug-likeness (QED) is 0.331. The first-order chi connectivity index (χ1) is 10.8. The molecule has 1 radical (unpaired) electrons. The molecule has 0 saturated carbocycles. The molecule has 26 heavy (non-hydrogen) atoms. The van der Waals surface area contributed by atoms with Crippen LogP contribution in [-0.4, -0.2) is 10.5 Å². The molecule has 0 fully saturated rings. The molecule has 2 aliphatic rings. The van der Waals surface area contributed by atoms with Gasteiger partial charge in [0.15, 0.2) is 0 Å². The van der Waals surface area contributed by atoms with Crippen molar-refractivity contribution < 1.29 is 46.5 Å². The van der Waals surface area contributed by atoms with E-state index in [1.165, 1.54) is 24.2 Å². The fourth-order valence-corrected chi connectivity index (χ4v) is 5.85. The van der Waals surface area contributed by atoms with Gasteiger partial charge in [-0.3, -0.25) is 6.08 Å². The number of hydrogen-bond acceptors (Lipinski definition) is 1. The van der Waals surface area contributed by atoms with E-state index in [1.807, 2.05) is 0 Å². The van der Waals surface area contributed by atoms with E-state index in [0.29, 0.717) is 0 Å². The van der Waals surface area contributed by atoms with Crippen molar-refractivity contribution in [2.24, 2.45) is 10.8 Å². The molecule has 0 saturated heterocycles. The first kappa shape index (κ1) is 28.8. The standard InChI is InChI=1S/C22H33S.2ClH.Ti/c1-7-8-17-23-22(21(5,6)18-13-9-10-14-18)16-12-11-15-19(22)20(2,3)4;;;/h9,11-13,15H,7-8,10,16-17H2,1-6H3;2*1H;/q-1;;;+3/p-2. The summed E-state index contributed by atoms with van der Waals surface area (Å²) in [6.45, 7) is 14.3. The number of unbranched alkanes of at least 4 members (excludes halogenated alkanes) is 1. The maximum Gasteiger partial charge on any atom is 3.00 e. The smallest absolute Gasteiger partial charge is 1.00 e. The van der Waals surface area contributed by atoms with Gasteiger partial charge in [0.05, 0.1) is 0 Å². The summed E-state index contributed by atoms with van der Waals surface area (Å²) in [5.74, 6) is 1.23. The Morgan fingerprint density at radius 3 is 2.27 bits per heavy atom. The van der Waals surface area contributed by atoms with Crippen molar-refractivity contribution in [2.45, 2.75) is 72.0 Å². The summed E-state index contributed by atoms with van der Waals surface area (Å²) in [5.41, 5.74) is 3.26. The molecule has 1 atom stereocenters. The molecule has 1 unspecified atom stereocenters. The summed E-state index contributed by atoms with van der Waals surface area (Å²) in [5, 5.41) is 0. The average Bonchev–Trinajstić information content (AvgIpc) is 3.01. The molecule has 0 bridgehead atoms. The Bertz CT molecular complexity index is 553. The predicted octanol–water partition coefficient (Wildman–Crippen LogP) is 0.912. The van der Waals surface area contributed by atoms with E-state index >= 15 is 0 Å². The van der Waals surface area contributed by atoms with Gasteiger partial charge in [-0.15, -0.1) is 18.2 Å². The number of rotatable bonds is 6. The Kier molecular flexibility index (Phi) is 12.8. The molecule has 0 spiro atoms. The second-order valence-corrected chi connectivity index (χ2v) is 9.71. The Hall–Kier alpha value is 0.604. The summed E-state index contributed by atoms with van der Waals surface area (Å²) in [6.07, 6.45) is 19.9. The Labute approximate surface area is 193 Å². The molecule has 0 aromatic rings. The Morgan fingerprint density at radius 1 is 1.12 bits per heavy atom. The van der Waals surface area contributed by atoms with E-state index in [2.05, 4.69) is 89.8 Å². The fourth-order valence-electron chi connectivity index (χ4n) is 3.85. The molecular weight excluding hydrogens is 415 g/mol. The van der Waals surface area contributed by atoms with Crippen LogP contribution in [0.1, 0.15) is 67.2 Å². The molecule has 0 N–H and O–H groups in total. The molecule has 0 aromatic heterocycles. The second kappa shape index (κ2) is 11.6. The molecule has 0 heterocycles. The van der Waals surface area contributed by atoms with Gasteiger partial charge in [0, 0.05) is 4.75 Å². The van der Waals surface area contributed by atoms with Crippen LogP contribution < -0.4 is 24.8 Å². The molecule has 2 aliphatic carbocycles. The van der Waals surface area contributed by atoms with Gasteiger partial charge in [0.1, 0.15) is 0 Å². The second-order valence-electron chi connectivity index (χ2n) is 8.31. The van der Waals surface area contributed by atoms with Crippen molar-refractivity contribution >= 4 is 11.8 Å². The number of allylic oxidation sites excluding steroid dienone is 7. The Balaban J connectivity index is 0. The zero-order valence-electron chi connectivity index (χ0n) is 17.1. The summed E-state index contributed by atoms with van der Waals surface area (Å²) in [7, 11) is 0. The Morgan fingerprint density at radius 2 is 1.77 bits per heavy atom. The maximum absolute atomic E-state index is 3.62. The molecule has 0 amide bonds. The van der Waals surface area contributed by atoms with Crippen LogP contribution in [0.15, 0.2) is 41.5 Å². The topological polar surface area (TPSA) is 0 Å². The van der Waals surface area contributed by atoms with E-state index < -0.39 is 0 Å². The summed E-state index contributed by atoms with van der Waals surface area (Å²) < 4.78 is 0.131. The van der Waals surface area contributed by atoms with Gasteiger partial charge >= 0.3 is 21.7 Å². The number of thioether (sulfide) groups is 1. The average molecular weight is 448 g/mol. The van der Waals surface area contributed by atoms with E-state index in [9.17, 15) is 0 Å². The zero-order valence-corrected chi connectivity index (χ0v) is 21.0. The molecule has 145 valence electrons. The van der Waals surface area contributed by atoms with Gasteiger partial charge in [-0.1, -0.05) is 66.2 Å². The summed E-state index contributed by atoms with van der Waals surface area (Å²) >= 11 is 2.18. The van der Waals surface area contributed by atoms with Crippen LogP contribution in [-0.2, 0) is 21.7 Å². The monoisotopic (exact) mass is 447 g/mol. The van der Waals surface area contributed by atoms with Crippen molar-refractivity contribution in [1.29, 1.82) is 0 Å². The van der Waals surface area contributed by atoms with Crippen LogP contribution in [0.25, 0.3) is 0 Å². The van der Waals surface area contributed by atoms with Gasteiger partial charge in [0.2, 0.25) is 0 Å². The van der Waals surface area contributed by atoms with Gasteiger partial charge < -0.3 is 24.8 Å². The molecular formula is C22H33Cl2STi. The van der Waals surface area contributed by atoms with Crippen molar-refractivity contribution in [1.82, 2.24) is 0 Å². The van der Waals surface area contributed by atoms with Crippen LogP contribution >= 0.6 is 11.8 Å². The van der Waals surface area contributed by atoms with Crippen LogP contribution in [0.5, 0.6) is 0 Å². The van der Waals surface area contributed by atoms with Gasteiger partial charge in [-0.2, -0.15) is 6.08 Å². The molecule has 0 nitrogen and oxygen atoms in total. The van der Waals surface area contributed by atoms with Gasteiger partial charge in [-0.25, -0.2) is 11.6 Å². The van der Waals surface area contributed by atoms with Crippen molar-refractivity contribution in [2.75, 3.05) is 5.75 Å². The first-order valence-corrected chi connectivity index (χ1v) is 10.0. The minimum Gasteiger partial charge on any atom is -1.00 e. The third kappa shape index (κ3) is 5.80. The van der Waals surface area contributed by atoms with Crippen LogP contribution in [0.3, 0.4) is 0 Å². The molecule has 4 heteroatoms. The minimum atomic E-state index is 0. The summed E-state index contributed by atoms with van der Waals surface area (Å²) in [6, 6.07) is 0. The van der Waals surface area contributed by atoms with Crippen LogP contribution in [0.4, 0.5) is 0 Å². The van der Waals surface area contributed by atoms with E-state index in [1.54, 1.807) is 5.57 Å². The van der Waals surface area contributed by atoms with E-state index in [0.717, 1.165) is 12.8 Å². The van der Waals surface area contributed by atoms with Crippen molar-refractivity contribution in [3.05, 3.63) is 47.6 Å².